The van der Waals surface area contributed by atoms with E-state index in [1.54, 1.807) is 0 Å². The molecule has 3 aromatic rings. The summed E-state index contributed by atoms with van der Waals surface area (Å²) < 4.78 is 8.93. The summed E-state index contributed by atoms with van der Waals surface area (Å²) in [7, 11) is 2.01. The maximum atomic E-state index is 13.2. The maximum absolute atomic E-state index is 13.2. The van der Waals surface area contributed by atoms with Crippen LogP contribution in [0.4, 0.5) is 0 Å². The first-order chi connectivity index (χ1) is 14.1. The lowest BCUT2D eigenvalue weighted by Crippen LogP contribution is -2.43. The van der Waals surface area contributed by atoms with E-state index in [1.165, 1.54) is 11.1 Å². The molecule has 3 heterocycles. The normalized spacial score (nSPS) is 22.3. The van der Waals surface area contributed by atoms with E-state index >= 15 is 0 Å². The summed E-state index contributed by atoms with van der Waals surface area (Å²) in [6.45, 7) is 3.72. The van der Waals surface area contributed by atoms with Crippen LogP contribution in [0.15, 0.2) is 30.3 Å². The van der Waals surface area contributed by atoms with Crippen LogP contribution in [0.25, 0.3) is 11.0 Å². The summed E-state index contributed by atoms with van der Waals surface area (Å²) in [6.07, 6.45) is 4.89. The second-order valence-electron chi connectivity index (χ2n) is 8.72. The number of aromatic nitrogens is 2. The third kappa shape index (κ3) is 2.27. The first-order valence-corrected chi connectivity index (χ1v) is 10.6. The molecule has 6 rings (SSSR count). The second-order valence-corrected chi connectivity index (χ2v) is 8.72. The smallest absolute Gasteiger partial charge is 0.254 e. The molecule has 1 aliphatic carbocycles. The molecule has 5 heteroatoms. The molecule has 5 nitrogen and oxygen atoms in total. The lowest BCUT2D eigenvalue weighted by molar-refractivity contribution is 0.0449. The Morgan fingerprint density at radius 3 is 2.76 bits per heavy atom. The van der Waals surface area contributed by atoms with Gasteiger partial charge in [0.05, 0.1) is 5.52 Å². The number of aryl methyl sites for hydroxylation is 3. The van der Waals surface area contributed by atoms with E-state index in [-0.39, 0.29) is 11.5 Å². The summed E-state index contributed by atoms with van der Waals surface area (Å²) in [6, 6.07) is 10.7. The second kappa shape index (κ2) is 5.85. The summed E-state index contributed by atoms with van der Waals surface area (Å²) in [5.41, 5.74) is 6.12. The number of ether oxygens (including phenoxy) is 1. The monoisotopic (exact) mass is 387 g/mol. The van der Waals surface area contributed by atoms with Gasteiger partial charge in [0, 0.05) is 31.3 Å². The van der Waals surface area contributed by atoms with Gasteiger partial charge in [0.25, 0.3) is 5.91 Å². The number of hydrogen-bond acceptors (Lipinski definition) is 3. The zero-order valence-corrected chi connectivity index (χ0v) is 17.0. The molecule has 0 bridgehead atoms. The average molecular weight is 387 g/mol. The van der Waals surface area contributed by atoms with Crippen molar-refractivity contribution < 1.29 is 9.53 Å². The van der Waals surface area contributed by atoms with Gasteiger partial charge in [-0.1, -0.05) is 24.3 Å². The Balaban J connectivity index is 1.55. The van der Waals surface area contributed by atoms with Gasteiger partial charge >= 0.3 is 0 Å². The minimum absolute atomic E-state index is 0.139. The van der Waals surface area contributed by atoms with Crippen molar-refractivity contribution in [1.82, 2.24) is 14.5 Å². The molecule has 2 aromatic carbocycles. The van der Waals surface area contributed by atoms with Crippen LogP contribution < -0.4 is 4.74 Å². The highest BCUT2D eigenvalue weighted by atomic mass is 16.5. The number of fused-ring (bicyclic) bond motifs is 5. The van der Waals surface area contributed by atoms with Gasteiger partial charge in [-0.3, -0.25) is 4.79 Å². The number of amides is 1. The van der Waals surface area contributed by atoms with Gasteiger partial charge in [-0.15, -0.1) is 0 Å². The van der Waals surface area contributed by atoms with Gasteiger partial charge in [0.1, 0.15) is 16.9 Å². The predicted octanol–water partition coefficient (Wildman–Crippen LogP) is 3.89. The van der Waals surface area contributed by atoms with E-state index in [0.717, 1.165) is 78.9 Å². The Bertz CT molecular complexity index is 1170. The van der Waals surface area contributed by atoms with Crippen molar-refractivity contribution in [2.24, 2.45) is 7.05 Å². The molecule has 0 N–H and O–H groups in total. The number of likely N-dealkylation sites (tertiary alicyclic amines) is 1. The Morgan fingerprint density at radius 1 is 1.17 bits per heavy atom. The third-order valence-electron chi connectivity index (χ3n) is 7.21. The van der Waals surface area contributed by atoms with E-state index < -0.39 is 0 Å². The molecule has 1 saturated heterocycles. The van der Waals surface area contributed by atoms with Crippen molar-refractivity contribution >= 4 is 16.9 Å². The largest absolute Gasteiger partial charge is 0.480 e. The van der Waals surface area contributed by atoms with E-state index in [9.17, 15) is 4.79 Å². The fraction of sp³-hybridized carbons (Fsp3) is 0.417. The van der Waals surface area contributed by atoms with Crippen molar-refractivity contribution in [3.8, 4) is 5.75 Å². The minimum atomic E-state index is -0.291. The number of benzene rings is 2. The van der Waals surface area contributed by atoms with Crippen LogP contribution >= 0.6 is 0 Å². The maximum Gasteiger partial charge on any atom is 0.254 e. The molecule has 1 amide bonds. The van der Waals surface area contributed by atoms with E-state index in [4.69, 9.17) is 9.72 Å². The van der Waals surface area contributed by atoms with Crippen LogP contribution in [0.1, 0.15) is 52.1 Å². The average Bonchev–Trinajstić information content (AvgIpc) is 3.18. The molecule has 148 valence electrons. The molecule has 2 aliphatic heterocycles. The van der Waals surface area contributed by atoms with Gasteiger partial charge in [-0.25, -0.2) is 4.98 Å². The van der Waals surface area contributed by atoms with Crippen molar-refractivity contribution in [3.63, 3.8) is 0 Å². The van der Waals surface area contributed by atoms with Crippen molar-refractivity contribution in [3.05, 3.63) is 58.4 Å². The summed E-state index contributed by atoms with van der Waals surface area (Å²) >= 11 is 0. The molecule has 1 aromatic heterocycles. The molecule has 0 radical (unpaired) electrons. The Hall–Kier alpha value is -2.82. The van der Waals surface area contributed by atoms with Crippen LogP contribution in [0.5, 0.6) is 5.75 Å². The van der Waals surface area contributed by atoms with E-state index in [2.05, 4.69) is 28.8 Å². The number of rotatable bonds is 1. The Labute approximate surface area is 170 Å². The standard InChI is InChI=1S/C24H25N3O2/c1-15-25-21-20(26(15)2)14-18(23(28)27-12-5-13-27)17-9-11-24(29-22(17)21)10-8-16-6-3-4-7-19(16)24/h3-4,6-7,14H,5,8-13H2,1-2H3. The van der Waals surface area contributed by atoms with E-state index in [0.29, 0.717) is 0 Å². The van der Waals surface area contributed by atoms with Crippen LogP contribution in [0.3, 0.4) is 0 Å². The zero-order valence-electron chi connectivity index (χ0n) is 17.0. The lowest BCUT2D eigenvalue weighted by atomic mass is 9.84. The summed E-state index contributed by atoms with van der Waals surface area (Å²) in [5, 5.41) is 0. The lowest BCUT2D eigenvalue weighted by Gasteiger charge is -2.38. The Morgan fingerprint density at radius 2 is 1.97 bits per heavy atom. The van der Waals surface area contributed by atoms with Gasteiger partial charge < -0.3 is 14.2 Å². The van der Waals surface area contributed by atoms with E-state index in [1.807, 2.05) is 24.9 Å². The number of nitrogens with zero attached hydrogens (tertiary/aromatic N) is 3. The summed E-state index contributed by atoms with van der Waals surface area (Å²) in [4.78, 5) is 20.0. The SMILES string of the molecule is Cc1nc2c3c(c(C(=O)N4CCC4)cc2n1C)CCC1(CCc2ccccc21)O3. The molecule has 1 unspecified atom stereocenters. The first-order valence-electron chi connectivity index (χ1n) is 10.6. The molecule has 29 heavy (non-hydrogen) atoms. The number of imidazole rings is 1. The fourth-order valence-corrected chi connectivity index (χ4v) is 5.28. The number of hydrogen-bond donors (Lipinski definition) is 0. The van der Waals surface area contributed by atoms with Crippen LogP contribution in [0, 0.1) is 6.92 Å². The van der Waals surface area contributed by atoms with Crippen LogP contribution in [-0.4, -0.2) is 33.4 Å². The van der Waals surface area contributed by atoms with Crippen molar-refractivity contribution in [2.75, 3.05) is 13.1 Å². The molecule has 3 aliphatic rings. The molecular formula is C24H25N3O2. The highest BCUT2D eigenvalue weighted by Crippen LogP contribution is 2.50. The molecular weight excluding hydrogens is 362 g/mol. The number of carbonyl (C=O) groups excluding carboxylic acids is 1. The van der Waals surface area contributed by atoms with Gasteiger partial charge in [-0.05, 0) is 56.2 Å². The quantitative estimate of drug-likeness (QED) is 0.636. The highest BCUT2D eigenvalue weighted by molar-refractivity contribution is 6.02. The Kier molecular flexibility index (Phi) is 3.44. The van der Waals surface area contributed by atoms with Crippen LogP contribution in [0.2, 0.25) is 0 Å². The minimum Gasteiger partial charge on any atom is -0.480 e. The molecule has 0 saturated carbocycles. The van der Waals surface area contributed by atoms with Gasteiger partial charge in [0.2, 0.25) is 0 Å². The topological polar surface area (TPSA) is 47.4 Å². The fourth-order valence-electron chi connectivity index (χ4n) is 5.28. The van der Waals surface area contributed by atoms with Gasteiger partial charge in [-0.2, -0.15) is 0 Å². The number of carbonyl (C=O) groups is 1. The van der Waals surface area contributed by atoms with Crippen LogP contribution in [-0.2, 0) is 25.5 Å². The first kappa shape index (κ1) is 17.1. The van der Waals surface area contributed by atoms with Gasteiger partial charge in [0.15, 0.2) is 5.75 Å². The molecule has 1 atom stereocenters. The third-order valence-corrected chi connectivity index (χ3v) is 7.21. The zero-order chi connectivity index (χ0) is 19.8. The predicted molar refractivity (Wildman–Crippen MR) is 111 cm³/mol. The van der Waals surface area contributed by atoms with Crippen molar-refractivity contribution in [2.45, 2.75) is 44.6 Å². The molecule has 1 spiro atoms. The highest BCUT2D eigenvalue weighted by Gasteiger charge is 2.45. The molecule has 1 fully saturated rings. The van der Waals surface area contributed by atoms with Crippen molar-refractivity contribution in [1.29, 1.82) is 0 Å². The summed E-state index contributed by atoms with van der Waals surface area (Å²) in [5.74, 6) is 1.91.